The van der Waals surface area contributed by atoms with Crippen molar-refractivity contribution in [1.82, 2.24) is 10.6 Å². The van der Waals surface area contributed by atoms with Gasteiger partial charge >= 0.3 is 6.03 Å². The molecule has 0 aliphatic carbocycles. The van der Waals surface area contributed by atoms with Crippen molar-refractivity contribution in [2.24, 2.45) is 0 Å². The van der Waals surface area contributed by atoms with Crippen LogP contribution in [0.15, 0.2) is 53.4 Å². The summed E-state index contributed by atoms with van der Waals surface area (Å²) in [5.74, 6) is 0.446. The summed E-state index contributed by atoms with van der Waals surface area (Å²) >= 11 is 1.62. The SMILES string of the molecule is CCNC(=O)c1ccc(NC(=O)NCCCSc2ccc(F)cc2)cc1. The van der Waals surface area contributed by atoms with E-state index in [1.165, 1.54) is 12.1 Å². The number of rotatable bonds is 8. The van der Waals surface area contributed by atoms with Crippen LogP contribution in [0.25, 0.3) is 0 Å². The Labute approximate surface area is 156 Å². The van der Waals surface area contributed by atoms with E-state index in [4.69, 9.17) is 0 Å². The molecule has 0 aliphatic heterocycles. The lowest BCUT2D eigenvalue weighted by molar-refractivity contribution is 0.0956. The number of hydrogen-bond donors (Lipinski definition) is 3. The van der Waals surface area contributed by atoms with Crippen molar-refractivity contribution in [2.45, 2.75) is 18.2 Å². The van der Waals surface area contributed by atoms with E-state index < -0.39 is 0 Å². The van der Waals surface area contributed by atoms with Crippen LogP contribution in [0.4, 0.5) is 14.9 Å². The van der Waals surface area contributed by atoms with E-state index >= 15 is 0 Å². The Balaban J connectivity index is 1.65. The quantitative estimate of drug-likeness (QED) is 0.484. The van der Waals surface area contributed by atoms with Crippen LogP contribution in [0.1, 0.15) is 23.7 Å². The van der Waals surface area contributed by atoms with Gasteiger partial charge in [0.15, 0.2) is 0 Å². The van der Waals surface area contributed by atoms with Crippen LogP contribution in [0, 0.1) is 5.82 Å². The van der Waals surface area contributed by atoms with Crippen molar-refractivity contribution in [1.29, 1.82) is 0 Å². The Morgan fingerprint density at radius 2 is 1.69 bits per heavy atom. The number of benzene rings is 2. The van der Waals surface area contributed by atoms with Crippen molar-refractivity contribution >= 4 is 29.4 Å². The highest BCUT2D eigenvalue weighted by molar-refractivity contribution is 7.99. The van der Waals surface area contributed by atoms with Gasteiger partial charge in [0.1, 0.15) is 5.82 Å². The van der Waals surface area contributed by atoms with Crippen molar-refractivity contribution in [3.63, 3.8) is 0 Å². The Morgan fingerprint density at radius 1 is 1.00 bits per heavy atom. The topological polar surface area (TPSA) is 70.2 Å². The fraction of sp³-hybridized carbons (Fsp3) is 0.263. The van der Waals surface area contributed by atoms with Crippen molar-refractivity contribution in [2.75, 3.05) is 24.2 Å². The molecule has 0 saturated carbocycles. The van der Waals surface area contributed by atoms with Crippen LogP contribution in [-0.2, 0) is 0 Å². The van der Waals surface area contributed by atoms with E-state index in [0.29, 0.717) is 24.3 Å². The molecule has 2 aromatic carbocycles. The van der Waals surface area contributed by atoms with Crippen molar-refractivity contribution in [3.05, 3.63) is 59.9 Å². The highest BCUT2D eigenvalue weighted by Gasteiger charge is 2.05. The minimum Gasteiger partial charge on any atom is -0.352 e. The van der Waals surface area contributed by atoms with Gasteiger partial charge in [0.25, 0.3) is 5.91 Å². The number of hydrogen-bond acceptors (Lipinski definition) is 3. The zero-order valence-corrected chi connectivity index (χ0v) is 15.4. The second-order valence-electron chi connectivity index (χ2n) is 5.47. The molecule has 2 rings (SSSR count). The van der Waals surface area contributed by atoms with Crippen LogP contribution in [0.3, 0.4) is 0 Å². The summed E-state index contributed by atoms with van der Waals surface area (Å²) in [6.45, 7) is 2.97. The van der Waals surface area contributed by atoms with Gasteiger partial charge in [-0.2, -0.15) is 0 Å². The third-order valence-electron chi connectivity index (χ3n) is 3.43. The smallest absolute Gasteiger partial charge is 0.319 e. The van der Waals surface area contributed by atoms with Gasteiger partial charge in [-0.05, 0) is 67.6 Å². The van der Waals surface area contributed by atoms with Gasteiger partial charge in [0.05, 0.1) is 0 Å². The number of carbonyl (C=O) groups excluding carboxylic acids is 2. The van der Waals surface area contributed by atoms with Crippen LogP contribution in [0.2, 0.25) is 0 Å². The summed E-state index contributed by atoms with van der Waals surface area (Å²) in [5, 5.41) is 8.22. The average Bonchev–Trinajstić information content (AvgIpc) is 2.64. The van der Waals surface area contributed by atoms with Crippen LogP contribution < -0.4 is 16.0 Å². The first kappa shape index (κ1) is 19.8. The molecule has 3 amide bonds. The molecule has 0 saturated heterocycles. The number of carbonyl (C=O) groups is 2. The lowest BCUT2D eigenvalue weighted by Gasteiger charge is -2.08. The fourth-order valence-corrected chi connectivity index (χ4v) is 2.99. The minimum atomic E-state index is -0.289. The van der Waals surface area contributed by atoms with E-state index in [1.54, 1.807) is 48.2 Å². The molecule has 0 spiro atoms. The molecule has 0 aliphatic rings. The van der Waals surface area contributed by atoms with Gasteiger partial charge in [-0.1, -0.05) is 0 Å². The van der Waals surface area contributed by atoms with Crippen molar-refractivity contribution in [3.8, 4) is 0 Å². The number of nitrogens with one attached hydrogen (secondary N) is 3. The molecule has 0 bridgehead atoms. The highest BCUT2D eigenvalue weighted by Crippen LogP contribution is 2.18. The average molecular weight is 375 g/mol. The summed E-state index contributed by atoms with van der Waals surface area (Å²) in [6, 6.07) is 12.8. The van der Waals surface area contributed by atoms with Gasteiger partial charge in [-0.15, -0.1) is 11.8 Å². The minimum absolute atomic E-state index is 0.137. The third kappa shape index (κ3) is 6.76. The highest BCUT2D eigenvalue weighted by atomic mass is 32.2. The summed E-state index contributed by atoms with van der Waals surface area (Å²) in [4.78, 5) is 24.5. The zero-order chi connectivity index (χ0) is 18.8. The van der Waals surface area contributed by atoms with Crippen LogP contribution in [0.5, 0.6) is 0 Å². The molecule has 3 N–H and O–H groups in total. The Morgan fingerprint density at radius 3 is 2.35 bits per heavy atom. The summed E-state index contributed by atoms with van der Waals surface area (Å²) < 4.78 is 12.8. The van der Waals surface area contributed by atoms with Gasteiger partial charge < -0.3 is 16.0 Å². The Bertz CT molecular complexity index is 721. The molecule has 0 unspecified atom stereocenters. The number of urea groups is 1. The second-order valence-corrected chi connectivity index (χ2v) is 6.64. The van der Waals surface area contributed by atoms with Gasteiger partial charge in [-0.25, -0.2) is 9.18 Å². The number of amides is 3. The van der Waals surface area contributed by atoms with Gasteiger partial charge in [-0.3, -0.25) is 4.79 Å². The maximum atomic E-state index is 12.8. The van der Waals surface area contributed by atoms with Crippen LogP contribution in [-0.4, -0.2) is 30.8 Å². The summed E-state index contributed by atoms with van der Waals surface area (Å²) in [7, 11) is 0. The largest absolute Gasteiger partial charge is 0.352 e. The molecule has 7 heteroatoms. The summed E-state index contributed by atoms with van der Waals surface area (Å²) in [6.07, 6.45) is 0.797. The predicted octanol–water partition coefficient (Wildman–Crippen LogP) is 3.88. The predicted molar refractivity (Wildman–Crippen MR) is 103 cm³/mol. The lowest BCUT2D eigenvalue weighted by atomic mass is 10.2. The zero-order valence-electron chi connectivity index (χ0n) is 14.5. The molecular weight excluding hydrogens is 353 g/mol. The Kier molecular flexibility index (Phi) is 7.95. The van der Waals surface area contributed by atoms with E-state index in [0.717, 1.165) is 17.1 Å². The first-order valence-corrected chi connectivity index (χ1v) is 9.38. The lowest BCUT2D eigenvalue weighted by Crippen LogP contribution is -2.29. The fourth-order valence-electron chi connectivity index (χ4n) is 2.14. The maximum absolute atomic E-state index is 12.8. The van der Waals surface area contributed by atoms with E-state index in [9.17, 15) is 14.0 Å². The number of anilines is 1. The van der Waals surface area contributed by atoms with E-state index in [2.05, 4.69) is 16.0 Å². The van der Waals surface area contributed by atoms with Gasteiger partial charge in [0, 0.05) is 29.2 Å². The molecule has 0 fully saturated rings. The first-order chi connectivity index (χ1) is 12.6. The van der Waals surface area contributed by atoms with Crippen LogP contribution >= 0.6 is 11.8 Å². The maximum Gasteiger partial charge on any atom is 0.319 e. The Hall–Kier alpha value is -2.54. The summed E-state index contributed by atoms with van der Waals surface area (Å²) in [5.41, 5.74) is 1.17. The van der Waals surface area contributed by atoms with E-state index in [-0.39, 0.29) is 17.8 Å². The molecular formula is C19H22FN3O2S. The number of thioether (sulfide) groups is 1. The molecule has 138 valence electrons. The normalized spacial score (nSPS) is 10.2. The first-order valence-electron chi connectivity index (χ1n) is 8.40. The number of halogens is 1. The molecule has 0 radical (unpaired) electrons. The monoisotopic (exact) mass is 375 g/mol. The molecule has 5 nitrogen and oxygen atoms in total. The molecule has 0 atom stereocenters. The molecule has 2 aromatic rings. The van der Waals surface area contributed by atoms with E-state index in [1.807, 2.05) is 6.92 Å². The molecule has 26 heavy (non-hydrogen) atoms. The van der Waals surface area contributed by atoms with Gasteiger partial charge in [0.2, 0.25) is 0 Å². The molecule has 0 heterocycles. The van der Waals surface area contributed by atoms with Crippen molar-refractivity contribution < 1.29 is 14.0 Å². The molecule has 0 aromatic heterocycles. The third-order valence-corrected chi connectivity index (χ3v) is 4.53. The standard InChI is InChI=1S/C19H22FN3O2S/c1-2-21-18(24)14-4-8-16(9-5-14)23-19(25)22-12-3-13-26-17-10-6-15(20)7-11-17/h4-11H,2-3,12-13H2,1H3,(H,21,24)(H2,22,23,25). The second kappa shape index (κ2) is 10.5.